The molecule has 0 fully saturated rings. The Hall–Kier alpha value is -1.59. The van der Waals surface area contributed by atoms with Gasteiger partial charge in [0, 0.05) is 19.3 Å². The van der Waals surface area contributed by atoms with Crippen LogP contribution in [-0.4, -0.2) is 37.2 Å². The molecule has 6 heteroatoms. The summed E-state index contributed by atoms with van der Waals surface area (Å²) in [7, 11) is 0. The van der Waals surface area contributed by atoms with Crippen LogP contribution in [0.2, 0.25) is 0 Å². The number of hydrogen-bond donors (Lipinski definition) is 0. The van der Waals surface area contributed by atoms with Crippen LogP contribution < -0.4 is 0 Å². The second-order valence-electron chi connectivity index (χ2n) is 21.5. The molecule has 2 atom stereocenters. The quantitative estimate of drug-likeness (QED) is 0.0344. The van der Waals surface area contributed by atoms with Gasteiger partial charge in [0.05, 0.1) is 0 Å². The van der Waals surface area contributed by atoms with Crippen molar-refractivity contribution in [3.63, 3.8) is 0 Å². The van der Waals surface area contributed by atoms with E-state index in [0.717, 1.165) is 75.5 Å². The molecule has 0 spiro atoms. The highest BCUT2D eigenvalue weighted by Gasteiger charge is 2.19. The van der Waals surface area contributed by atoms with Crippen LogP contribution in [0.4, 0.5) is 0 Å². The number of unbranched alkanes of at least 4 members (excludes halogenated alkanes) is 34. The van der Waals surface area contributed by atoms with Gasteiger partial charge < -0.3 is 14.2 Å². The predicted octanol–water partition coefficient (Wildman–Crippen LogP) is 19.1. The molecule has 0 bridgehead atoms. The Morgan fingerprint density at radius 2 is 0.538 bits per heavy atom. The van der Waals surface area contributed by atoms with Gasteiger partial charge in [0.1, 0.15) is 13.2 Å². The Balaban J connectivity index is 4.20. The van der Waals surface area contributed by atoms with Crippen molar-refractivity contribution >= 4 is 17.9 Å². The summed E-state index contributed by atoms with van der Waals surface area (Å²) >= 11 is 0. The zero-order valence-electron chi connectivity index (χ0n) is 44.8. The molecule has 6 nitrogen and oxygen atoms in total. The van der Waals surface area contributed by atoms with Crippen molar-refractivity contribution in [1.29, 1.82) is 0 Å². The minimum absolute atomic E-state index is 0.0641. The molecule has 0 aromatic heterocycles. The molecule has 0 amide bonds. The van der Waals surface area contributed by atoms with Crippen molar-refractivity contribution in [2.24, 2.45) is 17.8 Å². The van der Waals surface area contributed by atoms with Crippen molar-refractivity contribution in [3.8, 4) is 0 Å². The lowest BCUT2D eigenvalue weighted by atomic mass is 9.99. The van der Waals surface area contributed by atoms with E-state index < -0.39 is 6.10 Å². The second-order valence-corrected chi connectivity index (χ2v) is 21.5. The zero-order chi connectivity index (χ0) is 47.7. The lowest BCUT2D eigenvalue weighted by Crippen LogP contribution is -2.30. The maximum absolute atomic E-state index is 12.8. The summed E-state index contributed by atoms with van der Waals surface area (Å²) in [6.45, 7) is 13.8. The Bertz CT molecular complexity index is 1010. The van der Waals surface area contributed by atoms with Gasteiger partial charge in [-0.25, -0.2) is 0 Å². The Labute approximate surface area is 406 Å². The fourth-order valence-corrected chi connectivity index (χ4v) is 8.97. The average Bonchev–Trinajstić information content (AvgIpc) is 3.28. The van der Waals surface area contributed by atoms with E-state index in [-0.39, 0.29) is 31.1 Å². The van der Waals surface area contributed by atoms with E-state index in [1.54, 1.807) is 0 Å². The van der Waals surface area contributed by atoms with E-state index >= 15 is 0 Å². The highest BCUT2D eigenvalue weighted by molar-refractivity contribution is 5.71. The molecule has 0 aromatic rings. The fourth-order valence-electron chi connectivity index (χ4n) is 8.97. The minimum atomic E-state index is -0.764. The first-order valence-electron chi connectivity index (χ1n) is 29.1. The van der Waals surface area contributed by atoms with Crippen molar-refractivity contribution < 1.29 is 28.6 Å². The molecule has 0 radical (unpaired) electrons. The zero-order valence-corrected chi connectivity index (χ0v) is 44.8. The molecule has 1 unspecified atom stereocenters. The standard InChI is InChI=1S/C59H114O6/c1-7-55(6)47-41-35-29-23-19-14-12-10-8-9-11-13-15-20-24-30-36-42-48-57(60)63-51-56(52-64-58(61)49-43-37-32-26-28-34-40-46-54(4)5)65-59(62)50-44-38-31-25-21-17-16-18-22-27-33-39-45-53(2)3/h53-56H,7-52H2,1-6H3/t55?,56-/m1/s1. The largest absolute Gasteiger partial charge is 0.462 e. The van der Waals surface area contributed by atoms with Crippen LogP contribution in [0.3, 0.4) is 0 Å². The molecule has 0 heterocycles. The molecule has 0 saturated carbocycles. The number of carbonyl (C=O) groups is 3. The first-order chi connectivity index (χ1) is 31.6. The Morgan fingerprint density at radius 1 is 0.308 bits per heavy atom. The molecule has 0 N–H and O–H groups in total. The highest BCUT2D eigenvalue weighted by atomic mass is 16.6. The minimum Gasteiger partial charge on any atom is -0.462 e. The highest BCUT2D eigenvalue weighted by Crippen LogP contribution is 2.19. The summed E-state index contributed by atoms with van der Waals surface area (Å²) in [4.78, 5) is 38.1. The molecule has 65 heavy (non-hydrogen) atoms. The molecular formula is C59H114O6. The molecular weight excluding hydrogens is 805 g/mol. The van der Waals surface area contributed by atoms with Crippen LogP contribution in [0, 0.1) is 17.8 Å². The first-order valence-corrected chi connectivity index (χ1v) is 29.1. The van der Waals surface area contributed by atoms with Crippen LogP contribution in [0.1, 0.15) is 324 Å². The van der Waals surface area contributed by atoms with Crippen LogP contribution in [0.15, 0.2) is 0 Å². The number of carbonyl (C=O) groups excluding carboxylic acids is 3. The normalized spacial score (nSPS) is 12.6. The predicted molar refractivity (Wildman–Crippen MR) is 279 cm³/mol. The van der Waals surface area contributed by atoms with Gasteiger partial charge in [0.2, 0.25) is 0 Å². The fraction of sp³-hybridized carbons (Fsp3) is 0.949. The number of rotatable bonds is 52. The lowest BCUT2D eigenvalue weighted by molar-refractivity contribution is -0.167. The topological polar surface area (TPSA) is 78.9 Å². The number of esters is 3. The van der Waals surface area contributed by atoms with Crippen molar-refractivity contribution in [2.45, 2.75) is 330 Å². The van der Waals surface area contributed by atoms with E-state index in [4.69, 9.17) is 14.2 Å². The summed E-state index contributed by atoms with van der Waals surface area (Å²) < 4.78 is 16.9. The molecule has 0 aliphatic rings. The molecule has 0 rings (SSSR count). The van der Waals surface area contributed by atoms with Crippen molar-refractivity contribution in [1.82, 2.24) is 0 Å². The van der Waals surface area contributed by atoms with Crippen molar-refractivity contribution in [3.05, 3.63) is 0 Å². The third-order valence-electron chi connectivity index (χ3n) is 13.8. The van der Waals surface area contributed by atoms with Gasteiger partial charge in [-0.3, -0.25) is 14.4 Å². The van der Waals surface area contributed by atoms with Gasteiger partial charge in [0.15, 0.2) is 6.10 Å². The SMILES string of the molecule is CCC(C)CCCCCCCCCCCCCCCCCCCCC(=O)OC[C@H](COC(=O)CCCCCCCCCC(C)C)OC(=O)CCCCCCCCCCCCCCC(C)C. The summed E-state index contributed by atoms with van der Waals surface area (Å²) in [5.41, 5.74) is 0. The van der Waals surface area contributed by atoms with Crippen LogP contribution in [-0.2, 0) is 28.6 Å². The summed E-state index contributed by atoms with van der Waals surface area (Å²) in [5.74, 6) is 1.68. The summed E-state index contributed by atoms with van der Waals surface area (Å²) in [5, 5.41) is 0. The van der Waals surface area contributed by atoms with E-state index in [0.29, 0.717) is 19.3 Å². The number of hydrogen-bond acceptors (Lipinski definition) is 6. The van der Waals surface area contributed by atoms with Gasteiger partial charge in [-0.05, 0) is 37.0 Å². The van der Waals surface area contributed by atoms with Crippen LogP contribution >= 0.6 is 0 Å². The molecule has 0 aromatic carbocycles. The Morgan fingerprint density at radius 3 is 0.800 bits per heavy atom. The Kier molecular flexibility index (Phi) is 49.1. The van der Waals surface area contributed by atoms with Gasteiger partial charge in [0.25, 0.3) is 0 Å². The second kappa shape index (κ2) is 50.3. The van der Waals surface area contributed by atoms with Gasteiger partial charge in [-0.1, -0.05) is 286 Å². The van der Waals surface area contributed by atoms with Crippen LogP contribution in [0.5, 0.6) is 0 Å². The van der Waals surface area contributed by atoms with E-state index in [9.17, 15) is 14.4 Å². The van der Waals surface area contributed by atoms with E-state index in [2.05, 4.69) is 41.5 Å². The smallest absolute Gasteiger partial charge is 0.306 e. The van der Waals surface area contributed by atoms with E-state index in [1.165, 1.54) is 205 Å². The third-order valence-corrected chi connectivity index (χ3v) is 13.8. The lowest BCUT2D eigenvalue weighted by Gasteiger charge is -2.18. The third kappa shape index (κ3) is 51.6. The molecule has 0 saturated heterocycles. The monoisotopic (exact) mass is 919 g/mol. The molecule has 0 aliphatic heterocycles. The van der Waals surface area contributed by atoms with E-state index in [1.807, 2.05) is 0 Å². The van der Waals surface area contributed by atoms with Gasteiger partial charge >= 0.3 is 17.9 Å². The van der Waals surface area contributed by atoms with Crippen LogP contribution in [0.25, 0.3) is 0 Å². The first kappa shape index (κ1) is 63.4. The maximum Gasteiger partial charge on any atom is 0.306 e. The number of ether oxygens (including phenoxy) is 3. The maximum atomic E-state index is 12.8. The molecule has 0 aliphatic carbocycles. The van der Waals surface area contributed by atoms with Crippen molar-refractivity contribution in [2.75, 3.05) is 13.2 Å². The summed E-state index contributed by atoms with van der Waals surface area (Å²) in [6.07, 6.45) is 52.5. The molecule has 386 valence electrons. The summed E-state index contributed by atoms with van der Waals surface area (Å²) in [6, 6.07) is 0. The van der Waals surface area contributed by atoms with Gasteiger partial charge in [-0.2, -0.15) is 0 Å². The average molecular weight is 920 g/mol. The van der Waals surface area contributed by atoms with Gasteiger partial charge in [-0.15, -0.1) is 0 Å².